The van der Waals surface area contributed by atoms with E-state index in [2.05, 4.69) is 15.2 Å². The van der Waals surface area contributed by atoms with Gasteiger partial charge in [-0.1, -0.05) is 12.1 Å². The number of aromatic nitrogens is 4. The SMILES string of the molecule is Cc1nnc([C@H]2CN(C(=O)Cn3c(C)nc4ccccc43)CCO2)o1. The molecule has 0 aliphatic carbocycles. The molecule has 8 nitrogen and oxygen atoms in total. The normalized spacial score (nSPS) is 18.0. The molecule has 0 N–H and O–H groups in total. The van der Waals surface area contributed by atoms with E-state index < -0.39 is 0 Å². The smallest absolute Gasteiger partial charge is 0.246 e. The summed E-state index contributed by atoms with van der Waals surface area (Å²) in [6.07, 6.45) is -0.375. The van der Waals surface area contributed by atoms with Crippen molar-refractivity contribution >= 4 is 16.9 Å². The summed E-state index contributed by atoms with van der Waals surface area (Å²) in [5, 5.41) is 7.82. The number of morpholine rings is 1. The number of hydrogen-bond acceptors (Lipinski definition) is 6. The zero-order chi connectivity index (χ0) is 17.4. The van der Waals surface area contributed by atoms with Crippen molar-refractivity contribution in [1.29, 1.82) is 0 Å². The number of carbonyl (C=O) groups is 1. The van der Waals surface area contributed by atoms with Crippen molar-refractivity contribution in [2.75, 3.05) is 19.7 Å². The molecule has 1 aliphatic rings. The van der Waals surface area contributed by atoms with Gasteiger partial charge in [0, 0.05) is 13.5 Å². The van der Waals surface area contributed by atoms with Crippen molar-refractivity contribution in [3.63, 3.8) is 0 Å². The summed E-state index contributed by atoms with van der Waals surface area (Å²) in [4.78, 5) is 19.1. The molecule has 1 aliphatic heterocycles. The topological polar surface area (TPSA) is 86.3 Å². The molecule has 1 aromatic carbocycles. The maximum atomic E-state index is 12.8. The predicted octanol–water partition coefficient (Wildman–Crippen LogP) is 1.64. The minimum atomic E-state index is -0.375. The van der Waals surface area contributed by atoms with Crippen LogP contribution < -0.4 is 0 Å². The fourth-order valence-corrected chi connectivity index (χ4v) is 3.10. The van der Waals surface area contributed by atoms with Crippen molar-refractivity contribution in [1.82, 2.24) is 24.6 Å². The van der Waals surface area contributed by atoms with Gasteiger partial charge in [0.25, 0.3) is 0 Å². The molecule has 0 unspecified atom stereocenters. The summed E-state index contributed by atoms with van der Waals surface area (Å²) in [6, 6.07) is 7.82. The van der Waals surface area contributed by atoms with Crippen molar-refractivity contribution < 1.29 is 13.9 Å². The third-order valence-corrected chi connectivity index (χ3v) is 4.38. The zero-order valence-corrected chi connectivity index (χ0v) is 14.2. The van der Waals surface area contributed by atoms with Gasteiger partial charge in [0.1, 0.15) is 12.4 Å². The molecule has 8 heteroatoms. The summed E-state index contributed by atoms with van der Waals surface area (Å²) in [7, 11) is 0. The maximum absolute atomic E-state index is 12.8. The van der Waals surface area contributed by atoms with Crippen molar-refractivity contribution in [3.05, 3.63) is 41.9 Å². The monoisotopic (exact) mass is 341 g/mol. The van der Waals surface area contributed by atoms with Gasteiger partial charge in [-0.15, -0.1) is 10.2 Å². The number of amides is 1. The molecule has 1 fully saturated rings. The van der Waals surface area contributed by atoms with Gasteiger partial charge in [-0.2, -0.15) is 0 Å². The van der Waals surface area contributed by atoms with E-state index in [1.54, 1.807) is 11.8 Å². The highest BCUT2D eigenvalue weighted by Crippen LogP contribution is 2.22. The van der Waals surface area contributed by atoms with Crippen LogP contribution in [0, 0.1) is 13.8 Å². The molecule has 0 bridgehead atoms. The van der Waals surface area contributed by atoms with E-state index in [0.29, 0.717) is 31.5 Å². The molecule has 0 radical (unpaired) electrons. The molecule has 3 heterocycles. The van der Waals surface area contributed by atoms with E-state index in [0.717, 1.165) is 16.9 Å². The lowest BCUT2D eigenvalue weighted by Gasteiger charge is -2.31. The van der Waals surface area contributed by atoms with E-state index in [-0.39, 0.29) is 18.6 Å². The van der Waals surface area contributed by atoms with Gasteiger partial charge >= 0.3 is 0 Å². The molecule has 0 saturated carbocycles. The highest BCUT2D eigenvalue weighted by atomic mass is 16.5. The summed E-state index contributed by atoms with van der Waals surface area (Å²) in [5.41, 5.74) is 1.86. The Balaban J connectivity index is 1.51. The van der Waals surface area contributed by atoms with Crippen molar-refractivity contribution in [2.45, 2.75) is 26.5 Å². The van der Waals surface area contributed by atoms with Crippen LogP contribution in [-0.4, -0.2) is 50.3 Å². The molecule has 3 aromatic rings. The molecule has 130 valence electrons. The van der Waals surface area contributed by atoms with Crippen LogP contribution in [0.4, 0.5) is 0 Å². The number of rotatable bonds is 3. The predicted molar refractivity (Wildman–Crippen MR) is 88.8 cm³/mol. The number of nitrogens with zero attached hydrogens (tertiary/aromatic N) is 5. The van der Waals surface area contributed by atoms with Crippen LogP contribution in [0.15, 0.2) is 28.7 Å². The average Bonchev–Trinajstić information content (AvgIpc) is 3.19. The minimum Gasteiger partial charge on any atom is -0.423 e. The Morgan fingerprint density at radius 1 is 1.28 bits per heavy atom. The Morgan fingerprint density at radius 2 is 2.12 bits per heavy atom. The van der Waals surface area contributed by atoms with E-state index in [9.17, 15) is 4.79 Å². The maximum Gasteiger partial charge on any atom is 0.246 e. The molecule has 1 atom stereocenters. The summed E-state index contributed by atoms with van der Waals surface area (Å²) in [5.74, 6) is 1.75. The summed E-state index contributed by atoms with van der Waals surface area (Å²) < 4.78 is 13.1. The standard InChI is InChI=1S/C17H19N5O3/c1-11-18-13-5-3-4-6-14(13)22(11)10-16(23)21-7-8-24-15(9-21)17-20-19-12(2)25-17/h3-6,15H,7-10H2,1-2H3/t15-/m1/s1. The quantitative estimate of drug-likeness (QED) is 0.720. The first-order valence-electron chi connectivity index (χ1n) is 8.23. The van der Waals surface area contributed by atoms with Gasteiger partial charge in [0.2, 0.25) is 17.7 Å². The Morgan fingerprint density at radius 3 is 2.92 bits per heavy atom. The number of aryl methyl sites for hydroxylation is 2. The number of fused-ring (bicyclic) bond motifs is 1. The first kappa shape index (κ1) is 15.8. The van der Waals surface area contributed by atoms with Gasteiger partial charge in [-0.05, 0) is 19.1 Å². The van der Waals surface area contributed by atoms with E-state index in [1.807, 2.05) is 35.8 Å². The van der Waals surface area contributed by atoms with Crippen LogP contribution in [0.1, 0.15) is 23.7 Å². The molecule has 25 heavy (non-hydrogen) atoms. The molecule has 0 spiro atoms. The molecule has 1 amide bonds. The van der Waals surface area contributed by atoms with Crippen LogP contribution in [0.5, 0.6) is 0 Å². The molecular formula is C17H19N5O3. The van der Waals surface area contributed by atoms with Crippen molar-refractivity contribution in [2.24, 2.45) is 0 Å². The number of benzene rings is 1. The van der Waals surface area contributed by atoms with Crippen LogP contribution in [0.25, 0.3) is 11.0 Å². The number of para-hydroxylation sites is 2. The molecule has 2 aromatic heterocycles. The van der Waals surface area contributed by atoms with Gasteiger partial charge in [-0.3, -0.25) is 4.79 Å². The summed E-state index contributed by atoms with van der Waals surface area (Å²) in [6.45, 7) is 5.30. The molecule has 1 saturated heterocycles. The second kappa shape index (κ2) is 6.29. The van der Waals surface area contributed by atoms with Crippen LogP contribution in [0.2, 0.25) is 0 Å². The zero-order valence-electron chi connectivity index (χ0n) is 14.2. The highest BCUT2D eigenvalue weighted by Gasteiger charge is 2.29. The first-order chi connectivity index (χ1) is 12.1. The lowest BCUT2D eigenvalue weighted by Crippen LogP contribution is -2.43. The Labute approximate surface area is 144 Å². The number of imidazole rings is 1. The average molecular weight is 341 g/mol. The van der Waals surface area contributed by atoms with Gasteiger partial charge in [0.15, 0.2) is 6.10 Å². The fraction of sp³-hybridized carbons (Fsp3) is 0.412. The second-order valence-electron chi connectivity index (χ2n) is 6.09. The minimum absolute atomic E-state index is 0.0239. The van der Waals surface area contributed by atoms with E-state index in [1.165, 1.54) is 0 Å². The largest absolute Gasteiger partial charge is 0.423 e. The van der Waals surface area contributed by atoms with Gasteiger partial charge < -0.3 is 18.6 Å². The number of carbonyl (C=O) groups excluding carboxylic acids is 1. The first-order valence-corrected chi connectivity index (χ1v) is 8.23. The molecular weight excluding hydrogens is 322 g/mol. The summed E-state index contributed by atoms with van der Waals surface area (Å²) >= 11 is 0. The third kappa shape index (κ3) is 3.00. The molecule has 4 rings (SSSR count). The lowest BCUT2D eigenvalue weighted by molar-refractivity contribution is -0.140. The third-order valence-electron chi connectivity index (χ3n) is 4.38. The van der Waals surface area contributed by atoms with Gasteiger partial charge in [0.05, 0.1) is 24.2 Å². The second-order valence-corrected chi connectivity index (χ2v) is 6.09. The Kier molecular flexibility index (Phi) is 3.96. The lowest BCUT2D eigenvalue weighted by atomic mass is 10.2. The van der Waals surface area contributed by atoms with E-state index >= 15 is 0 Å². The number of hydrogen-bond donors (Lipinski definition) is 0. The Bertz CT molecular complexity index is 916. The van der Waals surface area contributed by atoms with Crippen LogP contribution >= 0.6 is 0 Å². The number of ether oxygens (including phenoxy) is 1. The van der Waals surface area contributed by atoms with Gasteiger partial charge in [-0.25, -0.2) is 4.98 Å². The van der Waals surface area contributed by atoms with Crippen LogP contribution in [0.3, 0.4) is 0 Å². The highest BCUT2D eigenvalue weighted by molar-refractivity contribution is 5.81. The Hall–Kier alpha value is -2.74. The van der Waals surface area contributed by atoms with E-state index in [4.69, 9.17) is 9.15 Å². The van der Waals surface area contributed by atoms with Crippen LogP contribution in [-0.2, 0) is 16.1 Å². The fourth-order valence-electron chi connectivity index (χ4n) is 3.10. The van der Waals surface area contributed by atoms with Crippen molar-refractivity contribution in [3.8, 4) is 0 Å².